The lowest BCUT2D eigenvalue weighted by Gasteiger charge is -2.09. The van der Waals surface area contributed by atoms with E-state index in [0.29, 0.717) is 0 Å². The molecule has 27 heavy (non-hydrogen) atoms. The van der Waals surface area contributed by atoms with Gasteiger partial charge < -0.3 is 4.98 Å². The monoisotopic (exact) mass is 348 g/mol. The molecule has 0 saturated carbocycles. The maximum absolute atomic E-state index is 12.5. The molecule has 0 radical (unpaired) electrons. The van der Waals surface area contributed by atoms with Gasteiger partial charge in [-0.15, -0.1) is 0 Å². The SMILES string of the molecule is O=c1cccc2ccc3ccc(-c4cccc(-c5ccccn5)c4)[nH]c3c12. The highest BCUT2D eigenvalue weighted by atomic mass is 16.1. The normalized spacial score (nSPS) is 11.1. The average molecular weight is 348 g/mol. The first kappa shape index (κ1) is 15.5. The molecule has 1 N–H and O–H groups in total. The minimum absolute atomic E-state index is 0.0359. The van der Waals surface area contributed by atoms with Crippen molar-refractivity contribution in [2.75, 3.05) is 0 Å². The molecule has 128 valence electrons. The number of rotatable bonds is 2. The van der Waals surface area contributed by atoms with Crippen LogP contribution in [0.25, 0.3) is 44.2 Å². The average Bonchev–Trinajstić information content (AvgIpc) is 2.74. The van der Waals surface area contributed by atoms with Gasteiger partial charge in [-0.25, -0.2) is 0 Å². The van der Waals surface area contributed by atoms with Crippen molar-refractivity contribution in [3.8, 4) is 22.5 Å². The number of nitrogens with zero attached hydrogens (tertiary/aromatic N) is 1. The van der Waals surface area contributed by atoms with Crippen molar-refractivity contribution in [1.82, 2.24) is 9.97 Å². The maximum Gasteiger partial charge on any atom is 0.188 e. The number of fused-ring (bicyclic) bond motifs is 3. The van der Waals surface area contributed by atoms with Crippen LogP contribution in [0.1, 0.15) is 0 Å². The smallest absolute Gasteiger partial charge is 0.188 e. The van der Waals surface area contributed by atoms with E-state index in [-0.39, 0.29) is 5.43 Å². The molecule has 0 bridgehead atoms. The molecule has 5 rings (SSSR count). The van der Waals surface area contributed by atoms with Crippen LogP contribution >= 0.6 is 0 Å². The summed E-state index contributed by atoms with van der Waals surface area (Å²) in [6.07, 6.45) is 1.80. The van der Waals surface area contributed by atoms with Crippen LogP contribution in [0.2, 0.25) is 0 Å². The zero-order valence-electron chi connectivity index (χ0n) is 14.5. The van der Waals surface area contributed by atoms with Crippen LogP contribution in [0.3, 0.4) is 0 Å². The van der Waals surface area contributed by atoms with Gasteiger partial charge in [-0.3, -0.25) is 9.78 Å². The van der Waals surface area contributed by atoms with E-state index >= 15 is 0 Å². The van der Waals surface area contributed by atoms with Crippen molar-refractivity contribution >= 4 is 21.7 Å². The lowest BCUT2D eigenvalue weighted by atomic mass is 10.0. The van der Waals surface area contributed by atoms with Crippen LogP contribution in [0.4, 0.5) is 0 Å². The second-order valence-electron chi connectivity index (χ2n) is 6.55. The second kappa shape index (κ2) is 6.22. The Morgan fingerprint density at radius 3 is 2.41 bits per heavy atom. The maximum atomic E-state index is 12.5. The van der Waals surface area contributed by atoms with Crippen LogP contribution in [0.15, 0.2) is 95.9 Å². The van der Waals surface area contributed by atoms with Crippen LogP contribution in [-0.2, 0) is 0 Å². The topological polar surface area (TPSA) is 45.8 Å². The Labute approximate surface area is 156 Å². The fourth-order valence-corrected chi connectivity index (χ4v) is 3.53. The number of hydrogen-bond acceptors (Lipinski definition) is 2. The molecule has 0 amide bonds. The number of H-pyrrole nitrogens is 1. The van der Waals surface area contributed by atoms with Gasteiger partial charge in [-0.05, 0) is 46.7 Å². The minimum atomic E-state index is 0.0359. The first-order chi connectivity index (χ1) is 13.3. The summed E-state index contributed by atoms with van der Waals surface area (Å²) in [5.41, 5.74) is 4.93. The number of nitrogens with one attached hydrogen (secondary N) is 1. The third-order valence-electron chi connectivity index (χ3n) is 4.86. The molecular weight excluding hydrogens is 332 g/mol. The quantitative estimate of drug-likeness (QED) is 0.434. The lowest BCUT2D eigenvalue weighted by Crippen LogP contribution is -2.00. The second-order valence-corrected chi connectivity index (χ2v) is 6.55. The van der Waals surface area contributed by atoms with E-state index in [1.54, 1.807) is 18.3 Å². The molecule has 2 heterocycles. The van der Waals surface area contributed by atoms with Crippen LogP contribution in [0, 0.1) is 0 Å². The van der Waals surface area contributed by atoms with Crippen molar-refractivity contribution in [2.45, 2.75) is 0 Å². The van der Waals surface area contributed by atoms with Crippen molar-refractivity contribution in [2.24, 2.45) is 0 Å². The van der Waals surface area contributed by atoms with E-state index in [1.807, 2.05) is 42.5 Å². The van der Waals surface area contributed by atoms with E-state index in [9.17, 15) is 4.79 Å². The zero-order chi connectivity index (χ0) is 18.2. The zero-order valence-corrected chi connectivity index (χ0v) is 14.5. The summed E-state index contributed by atoms with van der Waals surface area (Å²) in [7, 11) is 0. The Hall–Kier alpha value is -3.72. The summed E-state index contributed by atoms with van der Waals surface area (Å²) in [5, 5.41) is 2.71. The summed E-state index contributed by atoms with van der Waals surface area (Å²) in [4.78, 5) is 20.4. The number of aromatic amines is 1. The third kappa shape index (κ3) is 2.70. The van der Waals surface area contributed by atoms with Crippen molar-refractivity contribution in [1.29, 1.82) is 0 Å². The summed E-state index contributed by atoms with van der Waals surface area (Å²) in [5.74, 6) is 0. The van der Waals surface area contributed by atoms with E-state index < -0.39 is 0 Å². The van der Waals surface area contributed by atoms with E-state index in [2.05, 4.69) is 40.3 Å². The number of hydrogen-bond donors (Lipinski definition) is 1. The van der Waals surface area contributed by atoms with Gasteiger partial charge in [-0.2, -0.15) is 0 Å². The van der Waals surface area contributed by atoms with Crippen molar-refractivity contribution in [3.63, 3.8) is 0 Å². The standard InChI is InChI=1S/C24H16N2O/c27-22-9-4-5-16-10-11-17-12-13-21(26-24(17)23(16)22)19-7-3-6-18(15-19)20-8-1-2-14-25-20/h1-15,26H. The summed E-state index contributed by atoms with van der Waals surface area (Å²) < 4.78 is 0. The van der Waals surface area contributed by atoms with Gasteiger partial charge in [0, 0.05) is 17.5 Å². The predicted octanol–water partition coefficient (Wildman–Crippen LogP) is 5.41. The molecule has 3 nitrogen and oxygen atoms in total. The first-order valence-electron chi connectivity index (χ1n) is 8.86. The Kier molecular flexibility index (Phi) is 3.58. The van der Waals surface area contributed by atoms with Crippen molar-refractivity contribution < 1.29 is 0 Å². The molecule has 3 aromatic carbocycles. The van der Waals surface area contributed by atoms with Gasteiger partial charge in [0.2, 0.25) is 0 Å². The summed E-state index contributed by atoms with van der Waals surface area (Å²) >= 11 is 0. The fraction of sp³-hybridized carbons (Fsp3) is 0. The number of pyridine rings is 2. The molecule has 0 aliphatic carbocycles. The first-order valence-corrected chi connectivity index (χ1v) is 8.86. The highest BCUT2D eigenvalue weighted by Gasteiger charge is 2.07. The van der Waals surface area contributed by atoms with E-state index in [0.717, 1.165) is 44.2 Å². The Morgan fingerprint density at radius 1 is 0.704 bits per heavy atom. The molecule has 5 aromatic rings. The van der Waals surface area contributed by atoms with Gasteiger partial charge in [0.25, 0.3) is 0 Å². The molecule has 0 fully saturated rings. The molecule has 0 aliphatic heterocycles. The van der Waals surface area contributed by atoms with Crippen molar-refractivity contribution in [3.05, 3.63) is 101 Å². The highest BCUT2D eigenvalue weighted by Crippen LogP contribution is 2.27. The Balaban J connectivity index is 1.72. The van der Waals surface area contributed by atoms with Gasteiger partial charge in [0.05, 0.1) is 16.6 Å². The van der Waals surface area contributed by atoms with Crippen LogP contribution in [0.5, 0.6) is 0 Å². The van der Waals surface area contributed by atoms with Gasteiger partial charge in [-0.1, -0.05) is 54.6 Å². The summed E-state index contributed by atoms with van der Waals surface area (Å²) in [6, 6.07) is 27.7. The highest BCUT2D eigenvalue weighted by molar-refractivity contribution is 6.05. The Bertz CT molecular complexity index is 1340. The Morgan fingerprint density at radius 2 is 1.52 bits per heavy atom. The largest absolute Gasteiger partial charge is 0.354 e. The van der Waals surface area contributed by atoms with Crippen LogP contribution < -0.4 is 5.43 Å². The molecule has 0 aliphatic rings. The molecule has 3 heteroatoms. The minimum Gasteiger partial charge on any atom is -0.354 e. The van der Waals surface area contributed by atoms with Crippen LogP contribution in [-0.4, -0.2) is 9.97 Å². The van der Waals surface area contributed by atoms with Gasteiger partial charge >= 0.3 is 0 Å². The number of benzene rings is 3. The van der Waals surface area contributed by atoms with Gasteiger partial charge in [0.15, 0.2) is 5.43 Å². The molecule has 0 saturated heterocycles. The van der Waals surface area contributed by atoms with Gasteiger partial charge in [0.1, 0.15) is 0 Å². The number of aromatic nitrogens is 2. The fourth-order valence-electron chi connectivity index (χ4n) is 3.53. The molecule has 2 aromatic heterocycles. The third-order valence-corrected chi connectivity index (χ3v) is 4.86. The van der Waals surface area contributed by atoms with E-state index in [1.165, 1.54) is 0 Å². The predicted molar refractivity (Wildman–Crippen MR) is 111 cm³/mol. The molecular formula is C24H16N2O. The van der Waals surface area contributed by atoms with E-state index in [4.69, 9.17) is 0 Å². The molecule has 0 atom stereocenters. The lowest BCUT2D eigenvalue weighted by molar-refractivity contribution is 1.32. The summed E-state index contributed by atoms with van der Waals surface area (Å²) in [6.45, 7) is 0. The molecule has 0 unspecified atom stereocenters. The molecule has 0 spiro atoms.